The van der Waals surface area contributed by atoms with Gasteiger partial charge in [-0.25, -0.2) is 0 Å². The third kappa shape index (κ3) is 6.25. The van der Waals surface area contributed by atoms with Crippen LogP contribution in [0.4, 0.5) is 5.69 Å². The summed E-state index contributed by atoms with van der Waals surface area (Å²) in [6, 6.07) is 9.56. The number of halogens is 2. The number of aromatic nitrogens is 5. The van der Waals surface area contributed by atoms with Crippen molar-refractivity contribution in [3.63, 3.8) is 0 Å². The van der Waals surface area contributed by atoms with Crippen LogP contribution in [0.3, 0.4) is 0 Å². The van der Waals surface area contributed by atoms with Crippen molar-refractivity contribution in [3.8, 4) is 5.75 Å². The highest BCUT2D eigenvalue weighted by atomic mass is 35.5. The topological polar surface area (TPSA) is 164 Å². The molecule has 0 spiro atoms. The number of nitrogens with one attached hydrogen (secondary N) is 3. The normalized spacial score (nSPS) is 16.8. The number of nitrogens with zero attached hydrogens (tertiary/aromatic N) is 5. The molecule has 13 nitrogen and oxygen atoms in total. The molecule has 0 aliphatic carbocycles. The van der Waals surface area contributed by atoms with Crippen LogP contribution < -0.4 is 15.4 Å². The van der Waals surface area contributed by atoms with E-state index >= 15 is 0 Å². The lowest BCUT2D eigenvalue weighted by atomic mass is 10.0. The summed E-state index contributed by atoms with van der Waals surface area (Å²) in [5.74, 6) is -1.56. The first kappa shape index (κ1) is 32.0. The van der Waals surface area contributed by atoms with Crippen LogP contribution >= 0.6 is 23.2 Å². The van der Waals surface area contributed by atoms with Crippen LogP contribution in [0.5, 0.6) is 5.75 Å². The van der Waals surface area contributed by atoms with Crippen LogP contribution in [0, 0.1) is 0 Å². The number of fused-ring (bicyclic) bond motifs is 2. The molecule has 1 unspecified atom stereocenters. The number of H-pyrrole nitrogens is 1. The molecule has 49 heavy (non-hydrogen) atoms. The molecular weight excluding hydrogens is 671 g/mol. The molecule has 4 amide bonds. The van der Waals surface area contributed by atoms with Gasteiger partial charge in [-0.1, -0.05) is 29.3 Å². The maximum atomic E-state index is 13.3. The number of hydrogen-bond acceptors (Lipinski definition) is 9. The number of hydrogen-bond donors (Lipinski definition) is 3. The van der Waals surface area contributed by atoms with E-state index < -0.39 is 35.8 Å². The van der Waals surface area contributed by atoms with Gasteiger partial charge in [-0.2, -0.15) is 10.2 Å². The minimum Gasteiger partial charge on any atom is -0.486 e. The van der Waals surface area contributed by atoms with Gasteiger partial charge >= 0.3 is 0 Å². The Kier molecular flexibility index (Phi) is 8.61. The fourth-order valence-corrected chi connectivity index (χ4v) is 6.69. The molecule has 2 aliphatic heterocycles. The molecule has 2 aliphatic rings. The minimum absolute atomic E-state index is 0.0587. The summed E-state index contributed by atoms with van der Waals surface area (Å²) in [6.07, 6.45) is 10.2. The molecule has 3 aromatic heterocycles. The number of anilines is 1. The lowest BCUT2D eigenvalue weighted by Crippen LogP contribution is -2.54. The van der Waals surface area contributed by atoms with Gasteiger partial charge in [0.2, 0.25) is 11.8 Å². The Labute approximate surface area is 289 Å². The minimum atomic E-state index is -1.02. The maximum Gasteiger partial charge on any atom is 0.264 e. The number of ether oxygens (including phenoxy) is 1. The Bertz CT molecular complexity index is 2160. The van der Waals surface area contributed by atoms with Gasteiger partial charge in [0.25, 0.3) is 11.8 Å². The van der Waals surface area contributed by atoms with Gasteiger partial charge in [-0.15, -0.1) is 0 Å². The molecule has 0 bridgehead atoms. The second-order valence-corrected chi connectivity index (χ2v) is 12.4. The molecule has 248 valence electrons. The largest absolute Gasteiger partial charge is 0.486 e. The van der Waals surface area contributed by atoms with E-state index in [9.17, 15) is 19.2 Å². The van der Waals surface area contributed by atoms with Crippen molar-refractivity contribution in [2.24, 2.45) is 0 Å². The molecule has 5 heterocycles. The van der Waals surface area contributed by atoms with Crippen LogP contribution in [-0.4, -0.2) is 66.1 Å². The first-order valence-corrected chi connectivity index (χ1v) is 16.2. The highest BCUT2D eigenvalue weighted by molar-refractivity contribution is 6.35. The van der Waals surface area contributed by atoms with Gasteiger partial charge in [-0.3, -0.25) is 44.2 Å². The lowest BCUT2D eigenvalue weighted by molar-refractivity contribution is -0.136. The molecule has 15 heteroatoms. The predicted molar refractivity (Wildman–Crippen MR) is 182 cm³/mol. The number of rotatable bonds is 10. The average Bonchev–Trinajstić information content (AvgIpc) is 3.77. The Morgan fingerprint density at radius 3 is 2.67 bits per heavy atom. The number of piperidine rings is 1. The maximum absolute atomic E-state index is 13.3. The number of pyridine rings is 1. The van der Waals surface area contributed by atoms with E-state index in [2.05, 4.69) is 30.9 Å². The van der Waals surface area contributed by atoms with Gasteiger partial charge in [0.15, 0.2) is 0 Å². The Morgan fingerprint density at radius 2 is 1.88 bits per heavy atom. The van der Waals surface area contributed by atoms with Crippen molar-refractivity contribution in [2.75, 3.05) is 11.9 Å². The number of imide groups is 2. The van der Waals surface area contributed by atoms with Crippen molar-refractivity contribution in [1.82, 2.24) is 35.2 Å². The summed E-state index contributed by atoms with van der Waals surface area (Å²) < 4.78 is 7.91. The number of amides is 4. The van der Waals surface area contributed by atoms with Crippen LogP contribution in [-0.2, 0) is 16.1 Å². The molecule has 3 N–H and O–H groups in total. The molecular formula is C34H28Cl2N8O5. The standard InChI is InChI=1S/C34H28Cl2N8O5/c1-18(30-23(35)15-37-16-24(30)36)49-20-6-8-26-22(13-20)25(41-42-26)7-5-19-14-39-43(17-19)12-11-38-27-4-2-3-21-31(27)34(48)44(33(21)47)28-9-10-29(45)40-32(28)46/h2-8,13-18,28,38H,9-12H2,1H3,(H,41,42)(H,40,45,46)/b7-5+/t18-,28?/m1/s1. The predicted octanol–water partition coefficient (Wildman–Crippen LogP) is 5.28. The average molecular weight is 700 g/mol. The zero-order valence-corrected chi connectivity index (χ0v) is 27.5. The molecule has 1 saturated heterocycles. The molecule has 5 aromatic rings. The van der Waals surface area contributed by atoms with Crippen molar-refractivity contribution in [2.45, 2.75) is 38.5 Å². The molecule has 2 aromatic carbocycles. The van der Waals surface area contributed by atoms with Crippen LogP contribution in [0.2, 0.25) is 10.0 Å². The van der Waals surface area contributed by atoms with E-state index in [1.807, 2.05) is 43.5 Å². The highest BCUT2D eigenvalue weighted by Crippen LogP contribution is 2.34. The van der Waals surface area contributed by atoms with Gasteiger partial charge < -0.3 is 10.1 Å². The quantitative estimate of drug-likeness (QED) is 0.165. The van der Waals surface area contributed by atoms with Crippen molar-refractivity contribution < 1.29 is 23.9 Å². The highest BCUT2D eigenvalue weighted by Gasteiger charge is 2.45. The number of aromatic amines is 1. The molecule has 0 saturated carbocycles. The SMILES string of the molecule is C[C@@H](Oc1ccc2[nH]nc(/C=C/c3cnn(CCNc4cccc5c4C(=O)N(C4CCC(=O)NC4=O)C5=O)c3)c2c1)c1c(Cl)cncc1Cl. The Balaban J connectivity index is 0.991. The molecule has 1 fully saturated rings. The number of benzene rings is 2. The first-order chi connectivity index (χ1) is 23.7. The Morgan fingerprint density at radius 1 is 1.06 bits per heavy atom. The zero-order valence-electron chi connectivity index (χ0n) is 25.9. The van der Waals surface area contributed by atoms with Crippen LogP contribution in [0.1, 0.15) is 63.4 Å². The second-order valence-electron chi connectivity index (χ2n) is 11.6. The molecule has 2 atom stereocenters. The summed E-state index contributed by atoms with van der Waals surface area (Å²) in [7, 11) is 0. The van der Waals surface area contributed by atoms with Crippen molar-refractivity contribution in [3.05, 3.63) is 99.2 Å². The summed E-state index contributed by atoms with van der Waals surface area (Å²) in [4.78, 5) is 55.4. The summed E-state index contributed by atoms with van der Waals surface area (Å²) in [5.41, 5.74) is 3.97. The second kappa shape index (κ2) is 13.2. The van der Waals surface area contributed by atoms with E-state index in [0.717, 1.165) is 21.4 Å². The van der Waals surface area contributed by atoms with Crippen molar-refractivity contribution in [1.29, 1.82) is 0 Å². The fraction of sp³-hybridized carbons (Fsp3) is 0.206. The van der Waals surface area contributed by atoms with Gasteiger partial charge in [0.1, 0.15) is 17.9 Å². The summed E-state index contributed by atoms with van der Waals surface area (Å²) in [6.45, 7) is 2.74. The summed E-state index contributed by atoms with van der Waals surface area (Å²) in [5, 5.41) is 19.1. The van der Waals surface area contributed by atoms with Crippen LogP contribution in [0.15, 0.2) is 61.2 Å². The monoisotopic (exact) mass is 698 g/mol. The molecule has 0 radical (unpaired) electrons. The number of carbonyl (C=O) groups excluding carboxylic acids is 4. The Hall–Kier alpha value is -5.53. The van der Waals surface area contributed by atoms with E-state index in [1.165, 1.54) is 12.4 Å². The third-order valence-corrected chi connectivity index (χ3v) is 8.99. The number of carbonyl (C=O) groups is 4. The van der Waals surface area contributed by atoms with E-state index in [4.69, 9.17) is 27.9 Å². The lowest BCUT2D eigenvalue weighted by Gasteiger charge is -2.27. The van der Waals surface area contributed by atoms with Gasteiger partial charge in [0.05, 0.1) is 45.1 Å². The van der Waals surface area contributed by atoms with Gasteiger partial charge in [-0.05, 0) is 55.8 Å². The van der Waals surface area contributed by atoms with Crippen molar-refractivity contribution >= 4 is 75.6 Å². The van der Waals surface area contributed by atoms with E-state index in [0.29, 0.717) is 45.8 Å². The third-order valence-electron chi connectivity index (χ3n) is 8.38. The summed E-state index contributed by atoms with van der Waals surface area (Å²) >= 11 is 12.6. The van der Waals surface area contributed by atoms with E-state index in [1.54, 1.807) is 29.1 Å². The van der Waals surface area contributed by atoms with E-state index in [-0.39, 0.29) is 24.0 Å². The van der Waals surface area contributed by atoms with Crippen LogP contribution in [0.25, 0.3) is 23.1 Å². The zero-order chi connectivity index (χ0) is 34.2. The fourth-order valence-electron chi connectivity index (χ4n) is 6.02. The molecule has 7 rings (SSSR count). The van der Waals surface area contributed by atoms with Gasteiger partial charge in [0, 0.05) is 53.8 Å². The smallest absolute Gasteiger partial charge is 0.264 e. The first-order valence-electron chi connectivity index (χ1n) is 15.4.